The average Bonchev–Trinajstić information content (AvgIpc) is 3.15. The number of carbonyl (C=O) groups is 1. The van der Waals surface area contributed by atoms with Gasteiger partial charge in [0.1, 0.15) is 17.1 Å². The van der Waals surface area contributed by atoms with E-state index < -0.39 is 6.04 Å². The molecule has 0 saturated carbocycles. The minimum Gasteiger partial charge on any atom is -0.497 e. The van der Waals surface area contributed by atoms with Gasteiger partial charge in [-0.2, -0.15) is 0 Å². The van der Waals surface area contributed by atoms with Gasteiger partial charge in [-0.05, 0) is 60.9 Å². The first-order valence-corrected chi connectivity index (χ1v) is 11.3. The van der Waals surface area contributed by atoms with Gasteiger partial charge in [0.05, 0.1) is 30.7 Å². The van der Waals surface area contributed by atoms with Crippen molar-refractivity contribution >= 4 is 16.9 Å². The summed E-state index contributed by atoms with van der Waals surface area (Å²) in [5.74, 6) is 1.37. The number of nitrogens with zero attached hydrogens (tertiary/aromatic N) is 1. The van der Waals surface area contributed by atoms with Gasteiger partial charge in [-0.1, -0.05) is 36.4 Å². The first kappa shape index (κ1) is 21.8. The van der Waals surface area contributed by atoms with Crippen molar-refractivity contribution < 1.29 is 18.7 Å². The monoisotopic (exact) mass is 455 g/mol. The highest BCUT2D eigenvalue weighted by atomic mass is 16.5. The molecule has 1 aliphatic rings. The number of amides is 1. The van der Waals surface area contributed by atoms with Crippen LogP contribution in [0.1, 0.15) is 40.2 Å². The fourth-order valence-corrected chi connectivity index (χ4v) is 4.50. The molecular weight excluding hydrogens is 430 g/mol. The molecule has 0 fully saturated rings. The Kier molecular flexibility index (Phi) is 5.80. The molecule has 1 aromatic heterocycles. The third kappa shape index (κ3) is 3.81. The zero-order chi connectivity index (χ0) is 23.7. The van der Waals surface area contributed by atoms with E-state index in [0.717, 1.165) is 22.6 Å². The maximum absolute atomic E-state index is 13.5. The number of hydrogen-bond donors (Lipinski definition) is 0. The Morgan fingerprint density at radius 2 is 1.62 bits per heavy atom. The molecule has 2 heterocycles. The molecule has 3 aromatic carbocycles. The molecule has 6 heteroatoms. The SMILES string of the molecule is CCOc1ccc([C@H]2c3c(oc4ccccc4c3=O)C(=O)N2CCc2ccc(OC)cc2)cc1. The van der Waals surface area contributed by atoms with Crippen LogP contribution in [0.25, 0.3) is 11.0 Å². The molecule has 0 unspecified atom stereocenters. The summed E-state index contributed by atoms with van der Waals surface area (Å²) in [5.41, 5.74) is 2.55. The fourth-order valence-electron chi connectivity index (χ4n) is 4.50. The van der Waals surface area contributed by atoms with Gasteiger partial charge in [0.15, 0.2) is 5.43 Å². The van der Waals surface area contributed by atoms with Gasteiger partial charge in [0, 0.05) is 6.54 Å². The van der Waals surface area contributed by atoms with Crippen LogP contribution in [0.15, 0.2) is 82.0 Å². The second-order valence-electron chi connectivity index (χ2n) is 8.17. The molecule has 1 atom stereocenters. The van der Waals surface area contributed by atoms with Crippen LogP contribution in [0, 0.1) is 0 Å². The summed E-state index contributed by atoms with van der Waals surface area (Å²) in [7, 11) is 1.63. The molecule has 1 amide bonds. The molecule has 6 nitrogen and oxygen atoms in total. The predicted molar refractivity (Wildman–Crippen MR) is 130 cm³/mol. The zero-order valence-electron chi connectivity index (χ0n) is 19.1. The first-order valence-electron chi connectivity index (χ1n) is 11.3. The summed E-state index contributed by atoms with van der Waals surface area (Å²) < 4.78 is 16.8. The van der Waals surface area contributed by atoms with Crippen LogP contribution >= 0.6 is 0 Å². The fraction of sp³-hybridized carbons (Fsp3) is 0.214. The van der Waals surface area contributed by atoms with Crippen molar-refractivity contribution in [2.45, 2.75) is 19.4 Å². The van der Waals surface area contributed by atoms with Gasteiger partial charge in [-0.3, -0.25) is 9.59 Å². The van der Waals surface area contributed by atoms with E-state index in [0.29, 0.717) is 36.1 Å². The van der Waals surface area contributed by atoms with Crippen LogP contribution in [0.3, 0.4) is 0 Å². The summed E-state index contributed by atoms with van der Waals surface area (Å²) in [6.45, 7) is 2.92. The number of ether oxygens (including phenoxy) is 2. The lowest BCUT2D eigenvalue weighted by molar-refractivity contribution is 0.0730. The molecule has 0 aliphatic carbocycles. The van der Waals surface area contributed by atoms with E-state index in [2.05, 4.69) is 0 Å². The lowest BCUT2D eigenvalue weighted by atomic mass is 9.98. The van der Waals surface area contributed by atoms with Crippen LogP contribution in [-0.2, 0) is 6.42 Å². The Bertz CT molecular complexity index is 1390. The van der Waals surface area contributed by atoms with E-state index in [1.165, 1.54) is 0 Å². The van der Waals surface area contributed by atoms with Crippen molar-refractivity contribution in [1.29, 1.82) is 0 Å². The quantitative estimate of drug-likeness (QED) is 0.393. The summed E-state index contributed by atoms with van der Waals surface area (Å²) in [6, 6.07) is 21.8. The van der Waals surface area contributed by atoms with Gasteiger partial charge in [0.25, 0.3) is 5.91 Å². The maximum atomic E-state index is 13.5. The molecule has 0 saturated heterocycles. The molecule has 34 heavy (non-hydrogen) atoms. The van der Waals surface area contributed by atoms with Crippen LogP contribution in [0.2, 0.25) is 0 Å². The minimum atomic E-state index is -0.530. The van der Waals surface area contributed by atoms with Crippen LogP contribution in [0.5, 0.6) is 11.5 Å². The van der Waals surface area contributed by atoms with E-state index in [1.807, 2.05) is 55.5 Å². The minimum absolute atomic E-state index is 0.123. The second kappa shape index (κ2) is 9.06. The molecule has 0 spiro atoms. The molecule has 0 bridgehead atoms. The normalized spacial score (nSPS) is 14.9. The van der Waals surface area contributed by atoms with Gasteiger partial charge in [0.2, 0.25) is 5.76 Å². The number of para-hydroxylation sites is 1. The Hall–Kier alpha value is -4.06. The summed E-state index contributed by atoms with van der Waals surface area (Å²) in [4.78, 5) is 28.8. The summed E-state index contributed by atoms with van der Waals surface area (Å²) in [6.07, 6.45) is 0.630. The van der Waals surface area contributed by atoms with Crippen LogP contribution < -0.4 is 14.9 Å². The Morgan fingerprint density at radius 3 is 2.32 bits per heavy atom. The van der Waals surface area contributed by atoms with Crippen LogP contribution in [-0.4, -0.2) is 31.1 Å². The van der Waals surface area contributed by atoms with Crippen molar-refractivity contribution in [2.75, 3.05) is 20.3 Å². The topological polar surface area (TPSA) is 69.0 Å². The smallest absolute Gasteiger partial charge is 0.290 e. The molecule has 4 aromatic rings. The highest BCUT2D eigenvalue weighted by Crippen LogP contribution is 2.38. The van der Waals surface area contributed by atoms with E-state index in [-0.39, 0.29) is 17.1 Å². The lowest BCUT2D eigenvalue weighted by Crippen LogP contribution is -2.31. The number of fused-ring (bicyclic) bond motifs is 2. The summed E-state index contributed by atoms with van der Waals surface area (Å²) >= 11 is 0. The van der Waals surface area contributed by atoms with Crippen LogP contribution in [0.4, 0.5) is 0 Å². The van der Waals surface area contributed by atoms with Crippen molar-refractivity contribution in [3.05, 3.63) is 105 Å². The van der Waals surface area contributed by atoms with E-state index >= 15 is 0 Å². The molecule has 172 valence electrons. The highest BCUT2D eigenvalue weighted by molar-refractivity contribution is 5.99. The third-order valence-electron chi connectivity index (χ3n) is 6.18. The number of hydrogen-bond acceptors (Lipinski definition) is 5. The lowest BCUT2D eigenvalue weighted by Gasteiger charge is -2.25. The molecule has 1 aliphatic heterocycles. The number of carbonyl (C=O) groups excluding carboxylic acids is 1. The molecule has 5 rings (SSSR count). The number of benzene rings is 3. The second-order valence-corrected chi connectivity index (χ2v) is 8.17. The highest BCUT2D eigenvalue weighted by Gasteiger charge is 2.42. The first-order chi connectivity index (χ1) is 16.6. The number of rotatable bonds is 7. The van der Waals surface area contributed by atoms with Gasteiger partial charge in [-0.25, -0.2) is 0 Å². The Balaban J connectivity index is 1.56. The molecule has 0 N–H and O–H groups in total. The Labute approximate surface area is 197 Å². The number of methoxy groups -OCH3 is 1. The van der Waals surface area contributed by atoms with Crippen molar-refractivity contribution in [1.82, 2.24) is 4.90 Å². The largest absolute Gasteiger partial charge is 0.497 e. The maximum Gasteiger partial charge on any atom is 0.290 e. The molecular formula is C28H25NO5. The average molecular weight is 456 g/mol. The van der Waals surface area contributed by atoms with Gasteiger partial charge >= 0.3 is 0 Å². The van der Waals surface area contributed by atoms with Gasteiger partial charge in [-0.15, -0.1) is 0 Å². The Morgan fingerprint density at radius 1 is 0.912 bits per heavy atom. The van der Waals surface area contributed by atoms with Crippen molar-refractivity contribution in [3.63, 3.8) is 0 Å². The summed E-state index contributed by atoms with van der Waals surface area (Å²) in [5, 5.41) is 0.474. The third-order valence-corrected chi connectivity index (χ3v) is 6.18. The van der Waals surface area contributed by atoms with E-state index in [4.69, 9.17) is 13.9 Å². The predicted octanol–water partition coefficient (Wildman–Crippen LogP) is 4.99. The van der Waals surface area contributed by atoms with Crippen molar-refractivity contribution in [2.24, 2.45) is 0 Å². The van der Waals surface area contributed by atoms with E-state index in [9.17, 15) is 9.59 Å². The van der Waals surface area contributed by atoms with Gasteiger partial charge < -0.3 is 18.8 Å². The van der Waals surface area contributed by atoms with Crippen molar-refractivity contribution in [3.8, 4) is 11.5 Å². The molecule has 0 radical (unpaired) electrons. The standard InChI is InChI=1S/C28H25NO5/c1-3-33-21-14-10-19(11-15-21)25-24-26(30)22-6-4-5-7-23(22)34-27(24)28(31)29(25)17-16-18-8-12-20(32-2)13-9-18/h4-15,25H,3,16-17H2,1-2H3/t25-/m0/s1. The van der Waals surface area contributed by atoms with E-state index in [1.54, 1.807) is 36.3 Å². The zero-order valence-corrected chi connectivity index (χ0v) is 19.1.